The summed E-state index contributed by atoms with van der Waals surface area (Å²) in [6, 6.07) is -0.259. The van der Waals surface area contributed by atoms with Crippen LogP contribution in [0.1, 0.15) is 33.6 Å². The molecule has 2 aliphatic rings. The third-order valence-electron chi connectivity index (χ3n) is 4.74. The van der Waals surface area contributed by atoms with E-state index < -0.39 is 22.8 Å². The van der Waals surface area contributed by atoms with E-state index in [1.165, 1.54) is 0 Å². The van der Waals surface area contributed by atoms with E-state index in [4.69, 9.17) is 0 Å². The Morgan fingerprint density at radius 3 is 2.43 bits per heavy atom. The maximum absolute atomic E-state index is 12.1. The lowest BCUT2D eigenvalue weighted by Crippen LogP contribution is -2.63. The van der Waals surface area contributed by atoms with Crippen LogP contribution in [0.3, 0.4) is 0 Å². The monoisotopic (exact) mass is 313 g/mol. The van der Waals surface area contributed by atoms with Gasteiger partial charge in [0, 0.05) is 23.1 Å². The van der Waals surface area contributed by atoms with Gasteiger partial charge in [-0.25, -0.2) is 0 Å². The minimum atomic E-state index is -1.13. The van der Waals surface area contributed by atoms with E-state index >= 15 is 0 Å². The third kappa shape index (κ3) is 2.71. The first kappa shape index (κ1) is 16.4. The summed E-state index contributed by atoms with van der Waals surface area (Å²) in [7, 11) is 0. The Bertz CT molecular complexity index is 490. The molecule has 2 rings (SSSR count). The third-order valence-corrected chi connectivity index (χ3v) is 6.13. The Balaban J connectivity index is 2.45. The second-order valence-corrected chi connectivity index (χ2v) is 8.56. The number of hydrogen-bond donors (Lipinski definition) is 3. The maximum atomic E-state index is 12.1. The van der Waals surface area contributed by atoms with Crippen LogP contribution in [-0.4, -0.2) is 45.2 Å². The van der Waals surface area contributed by atoms with Crippen molar-refractivity contribution in [3.05, 3.63) is 12.2 Å². The summed E-state index contributed by atoms with van der Waals surface area (Å²) in [5, 5.41) is 22.7. The highest BCUT2D eigenvalue weighted by Gasteiger charge is 2.57. The van der Waals surface area contributed by atoms with E-state index in [0.717, 1.165) is 12.3 Å². The number of allylic oxidation sites excluding steroid dienone is 1. The fourth-order valence-electron chi connectivity index (χ4n) is 3.68. The Hall–Kier alpha value is -1.01. The van der Waals surface area contributed by atoms with Gasteiger partial charge in [0.15, 0.2) is 0 Å². The largest absolute Gasteiger partial charge is 0.481 e. The molecule has 0 aromatic heterocycles. The van der Waals surface area contributed by atoms with Gasteiger partial charge >= 0.3 is 11.9 Å². The lowest BCUT2D eigenvalue weighted by molar-refractivity contribution is -0.158. The average molecular weight is 313 g/mol. The van der Waals surface area contributed by atoms with Crippen LogP contribution in [0.25, 0.3) is 0 Å². The average Bonchev–Trinajstić information content (AvgIpc) is 2.37. The summed E-state index contributed by atoms with van der Waals surface area (Å²) >= 11 is 1.75. The fourth-order valence-corrected chi connectivity index (χ4v) is 4.90. The van der Waals surface area contributed by atoms with Gasteiger partial charge in [-0.05, 0) is 33.6 Å². The van der Waals surface area contributed by atoms with Crippen molar-refractivity contribution in [3.8, 4) is 0 Å². The number of hydrogen-bond acceptors (Lipinski definition) is 4. The van der Waals surface area contributed by atoms with Crippen LogP contribution in [0.15, 0.2) is 12.2 Å². The van der Waals surface area contributed by atoms with Crippen LogP contribution in [-0.2, 0) is 9.59 Å². The molecule has 0 radical (unpaired) electrons. The SMILES string of the molecule is CC1(C(=O)O)C=CCC(C(=O)O)(C2NCCSC2(C)C)C1. The summed E-state index contributed by atoms with van der Waals surface area (Å²) in [4.78, 5) is 23.7. The quantitative estimate of drug-likeness (QED) is 0.691. The van der Waals surface area contributed by atoms with Crippen LogP contribution in [0.4, 0.5) is 0 Å². The molecule has 6 heteroatoms. The van der Waals surface area contributed by atoms with Gasteiger partial charge in [0.1, 0.15) is 0 Å². The highest BCUT2D eigenvalue weighted by atomic mass is 32.2. The van der Waals surface area contributed by atoms with Crippen molar-refractivity contribution in [2.45, 2.75) is 44.4 Å². The van der Waals surface area contributed by atoms with Crippen molar-refractivity contribution in [2.24, 2.45) is 10.8 Å². The number of aliphatic carboxylic acids is 2. The number of rotatable bonds is 3. The van der Waals surface area contributed by atoms with E-state index in [9.17, 15) is 19.8 Å². The zero-order valence-corrected chi connectivity index (χ0v) is 13.5. The Kier molecular flexibility index (Phi) is 4.14. The molecule has 0 aromatic carbocycles. The zero-order chi connectivity index (χ0) is 15.9. The molecule has 1 heterocycles. The van der Waals surface area contributed by atoms with Gasteiger partial charge in [-0.15, -0.1) is 0 Å². The van der Waals surface area contributed by atoms with Gasteiger partial charge in [0.05, 0.1) is 10.8 Å². The minimum absolute atomic E-state index is 0.114. The molecule has 3 atom stereocenters. The normalized spacial score (nSPS) is 38.9. The van der Waals surface area contributed by atoms with Gasteiger partial charge in [0.25, 0.3) is 0 Å². The molecule has 1 aliphatic carbocycles. The van der Waals surface area contributed by atoms with Crippen LogP contribution in [0.2, 0.25) is 0 Å². The summed E-state index contributed by atoms with van der Waals surface area (Å²) in [6.07, 6.45) is 3.85. The van der Waals surface area contributed by atoms with E-state index in [2.05, 4.69) is 5.32 Å². The fraction of sp³-hybridized carbons (Fsp3) is 0.733. The summed E-state index contributed by atoms with van der Waals surface area (Å²) in [5.74, 6) is -0.941. The van der Waals surface area contributed by atoms with E-state index in [-0.39, 0.29) is 17.2 Å². The molecule has 0 aromatic rings. The topological polar surface area (TPSA) is 86.6 Å². The number of carbonyl (C=O) groups is 2. The Labute approximate surface area is 129 Å². The van der Waals surface area contributed by atoms with Crippen molar-refractivity contribution in [2.75, 3.05) is 12.3 Å². The van der Waals surface area contributed by atoms with E-state index in [1.54, 1.807) is 30.8 Å². The molecule has 1 saturated heterocycles. The van der Waals surface area contributed by atoms with Crippen LogP contribution < -0.4 is 5.32 Å². The minimum Gasteiger partial charge on any atom is -0.481 e. The van der Waals surface area contributed by atoms with Crippen molar-refractivity contribution >= 4 is 23.7 Å². The number of nitrogens with one attached hydrogen (secondary N) is 1. The van der Waals surface area contributed by atoms with Crippen molar-refractivity contribution in [3.63, 3.8) is 0 Å². The van der Waals surface area contributed by atoms with Gasteiger partial charge in [0.2, 0.25) is 0 Å². The predicted molar refractivity (Wildman–Crippen MR) is 82.5 cm³/mol. The molecule has 0 bridgehead atoms. The van der Waals surface area contributed by atoms with Crippen LogP contribution in [0.5, 0.6) is 0 Å². The van der Waals surface area contributed by atoms with Crippen LogP contribution in [0, 0.1) is 10.8 Å². The highest BCUT2D eigenvalue weighted by molar-refractivity contribution is 8.00. The Morgan fingerprint density at radius 2 is 1.90 bits per heavy atom. The molecular formula is C15H23NO4S. The number of thioether (sulfide) groups is 1. The molecule has 0 spiro atoms. The molecular weight excluding hydrogens is 290 g/mol. The van der Waals surface area contributed by atoms with E-state index in [1.807, 2.05) is 13.8 Å². The first-order chi connectivity index (χ1) is 9.64. The van der Waals surface area contributed by atoms with Crippen molar-refractivity contribution in [1.29, 1.82) is 0 Å². The first-order valence-electron chi connectivity index (χ1n) is 7.16. The smallest absolute Gasteiger partial charge is 0.313 e. The lowest BCUT2D eigenvalue weighted by Gasteiger charge is -2.51. The second kappa shape index (κ2) is 5.32. The zero-order valence-electron chi connectivity index (χ0n) is 12.7. The van der Waals surface area contributed by atoms with Gasteiger partial charge < -0.3 is 15.5 Å². The molecule has 0 saturated carbocycles. The molecule has 5 nitrogen and oxygen atoms in total. The molecule has 21 heavy (non-hydrogen) atoms. The van der Waals surface area contributed by atoms with Crippen LogP contribution >= 0.6 is 11.8 Å². The van der Waals surface area contributed by atoms with Crippen molar-refractivity contribution in [1.82, 2.24) is 5.32 Å². The summed E-state index contributed by atoms with van der Waals surface area (Å²) in [6.45, 7) is 6.43. The highest BCUT2D eigenvalue weighted by Crippen LogP contribution is 2.50. The first-order valence-corrected chi connectivity index (χ1v) is 8.14. The molecule has 1 aliphatic heterocycles. The predicted octanol–water partition coefficient (Wildman–Crippen LogP) is 1.98. The Morgan fingerprint density at radius 1 is 1.24 bits per heavy atom. The molecule has 1 fully saturated rings. The van der Waals surface area contributed by atoms with E-state index in [0.29, 0.717) is 6.42 Å². The number of carboxylic acid groups (broad SMARTS) is 2. The standard InChI is InChI=1S/C15H23NO4S/c1-13(2)10(16-7-8-21-13)15(12(19)20)6-4-5-14(3,9-15)11(17)18/h4-5,10,16H,6-9H2,1-3H3,(H,17,18)(H,19,20). The van der Waals surface area contributed by atoms with Gasteiger partial charge in [-0.3, -0.25) is 9.59 Å². The second-order valence-electron chi connectivity index (χ2n) is 6.81. The summed E-state index contributed by atoms with van der Waals surface area (Å²) < 4.78 is -0.249. The van der Waals surface area contributed by atoms with Gasteiger partial charge in [-0.1, -0.05) is 12.2 Å². The molecule has 3 N–H and O–H groups in total. The molecule has 118 valence electrons. The van der Waals surface area contributed by atoms with Gasteiger partial charge in [-0.2, -0.15) is 11.8 Å². The maximum Gasteiger partial charge on any atom is 0.313 e. The van der Waals surface area contributed by atoms with Crippen molar-refractivity contribution < 1.29 is 19.8 Å². The molecule has 3 unspecified atom stereocenters. The summed E-state index contributed by atoms with van der Waals surface area (Å²) in [5.41, 5.74) is -2.21. The lowest BCUT2D eigenvalue weighted by atomic mass is 9.60. The number of carboxylic acids is 2. The molecule has 0 amide bonds.